The molecule has 25 heavy (non-hydrogen) atoms. The lowest BCUT2D eigenvalue weighted by Crippen LogP contribution is -2.52. The highest BCUT2D eigenvalue weighted by molar-refractivity contribution is 14.0. The molecule has 1 N–H and O–H groups in total. The molecule has 0 spiro atoms. The fourth-order valence-corrected chi connectivity index (χ4v) is 3.23. The second-order valence-electron chi connectivity index (χ2n) is 6.28. The number of aliphatic imine (C=N–C) groups is 1. The van der Waals surface area contributed by atoms with Crippen LogP contribution in [0, 0.1) is 5.82 Å². The number of piperazine rings is 1. The van der Waals surface area contributed by atoms with E-state index < -0.39 is 0 Å². The van der Waals surface area contributed by atoms with Gasteiger partial charge in [-0.05, 0) is 44.0 Å². The molecule has 1 aromatic carbocycles. The van der Waals surface area contributed by atoms with E-state index in [1.807, 2.05) is 12.1 Å². The monoisotopic (exact) mass is 462 g/mol. The first-order valence-electron chi connectivity index (χ1n) is 8.91. The van der Waals surface area contributed by atoms with Crippen LogP contribution < -0.4 is 10.2 Å². The Morgan fingerprint density at radius 2 is 1.96 bits per heavy atom. The van der Waals surface area contributed by atoms with E-state index in [-0.39, 0.29) is 35.9 Å². The summed E-state index contributed by atoms with van der Waals surface area (Å²) in [6.45, 7) is 8.21. The maximum Gasteiger partial charge on any atom is 0.194 e. The molecule has 140 valence electrons. The number of ether oxygens (including phenoxy) is 1. The maximum absolute atomic E-state index is 13.1. The van der Waals surface area contributed by atoms with Crippen LogP contribution in [0.3, 0.4) is 0 Å². The summed E-state index contributed by atoms with van der Waals surface area (Å²) in [5, 5.41) is 3.39. The quantitative estimate of drug-likeness (QED) is 0.425. The maximum atomic E-state index is 13.1. The molecule has 0 bridgehead atoms. The van der Waals surface area contributed by atoms with Crippen molar-refractivity contribution in [1.29, 1.82) is 0 Å². The first kappa shape index (κ1) is 20.2. The van der Waals surface area contributed by atoms with E-state index >= 15 is 0 Å². The lowest BCUT2D eigenvalue weighted by Gasteiger charge is -2.37. The Balaban J connectivity index is 0.00000225. The fourth-order valence-electron chi connectivity index (χ4n) is 3.23. The summed E-state index contributed by atoms with van der Waals surface area (Å²) in [4.78, 5) is 9.36. The zero-order chi connectivity index (χ0) is 16.8. The van der Waals surface area contributed by atoms with Crippen LogP contribution in [0.15, 0.2) is 29.3 Å². The summed E-state index contributed by atoms with van der Waals surface area (Å²) < 4.78 is 18.7. The van der Waals surface area contributed by atoms with Gasteiger partial charge in [-0.25, -0.2) is 4.39 Å². The van der Waals surface area contributed by atoms with E-state index in [1.54, 1.807) is 0 Å². The smallest absolute Gasteiger partial charge is 0.194 e. The summed E-state index contributed by atoms with van der Waals surface area (Å²) in [5.41, 5.74) is 1.08. The normalized spacial score (nSPS) is 21.2. The van der Waals surface area contributed by atoms with Gasteiger partial charge in [-0.15, -0.1) is 24.0 Å². The predicted octanol–water partition coefficient (Wildman–Crippen LogP) is 2.71. The molecular weight excluding hydrogens is 434 g/mol. The van der Waals surface area contributed by atoms with Crippen LogP contribution in [0.5, 0.6) is 0 Å². The molecule has 2 saturated heterocycles. The van der Waals surface area contributed by atoms with Crippen LogP contribution in [0.1, 0.15) is 19.8 Å². The second kappa shape index (κ2) is 10.2. The van der Waals surface area contributed by atoms with Gasteiger partial charge in [-0.3, -0.25) is 4.99 Å². The Morgan fingerprint density at radius 1 is 1.24 bits per heavy atom. The van der Waals surface area contributed by atoms with E-state index in [9.17, 15) is 4.39 Å². The minimum atomic E-state index is -0.187. The zero-order valence-corrected chi connectivity index (χ0v) is 17.1. The molecule has 1 unspecified atom stereocenters. The average Bonchev–Trinajstić information content (AvgIpc) is 3.13. The van der Waals surface area contributed by atoms with Crippen LogP contribution in [0.4, 0.5) is 10.1 Å². The third kappa shape index (κ3) is 5.70. The third-order valence-electron chi connectivity index (χ3n) is 4.57. The van der Waals surface area contributed by atoms with E-state index in [4.69, 9.17) is 9.73 Å². The second-order valence-corrected chi connectivity index (χ2v) is 6.28. The van der Waals surface area contributed by atoms with Gasteiger partial charge in [-0.2, -0.15) is 0 Å². The molecule has 0 aromatic heterocycles. The van der Waals surface area contributed by atoms with Gasteiger partial charge in [0.05, 0.1) is 12.6 Å². The number of nitrogens with one attached hydrogen (secondary N) is 1. The zero-order valence-electron chi connectivity index (χ0n) is 14.8. The summed E-state index contributed by atoms with van der Waals surface area (Å²) in [7, 11) is 0. The molecule has 2 aliphatic rings. The number of benzene rings is 1. The first-order chi connectivity index (χ1) is 11.8. The van der Waals surface area contributed by atoms with E-state index in [2.05, 4.69) is 22.0 Å². The average molecular weight is 462 g/mol. The Bertz CT molecular complexity index is 541. The highest BCUT2D eigenvalue weighted by atomic mass is 127. The number of hydrogen-bond acceptors (Lipinski definition) is 3. The minimum Gasteiger partial charge on any atom is -0.376 e. The van der Waals surface area contributed by atoms with Crippen molar-refractivity contribution in [3.63, 3.8) is 0 Å². The SMILES string of the molecule is CCNC(=NCC1CCCO1)N1CCN(c2ccc(F)cc2)CC1.I. The van der Waals surface area contributed by atoms with Gasteiger partial charge in [0.1, 0.15) is 5.82 Å². The summed E-state index contributed by atoms with van der Waals surface area (Å²) in [6.07, 6.45) is 2.54. The lowest BCUT2D eigenvalue weighted by molar-refractivity contribution is 0.117. The summed E-state index contributed by atoms with van der Waals surface area (Å²) in [5.74, 6) is 0.792. The van der Waals surface area contributed by atoms with Crippen LogP contribution >= 0.6 is 24.0 Å². The topological polar surface area (TPSA) is 40.1 Å². The fraction of sp³-hybridized carbons (Fsp3) is 0.611. The highest BCUT2D eigenvalue weighted by Crippen LogP contribution is 2.17. The summed E-state index contributed by atoms with van der Waals surface area (Å²) in [6, 6.07) is 6.74. The number of guanidine groups is 1. The predicted molar refractivity (Wildman–Crippen MR) is 111 cm³/mol. The number of hydrogen-bond donors (Lipinski definition) is 1. The van der Waals surface area contributed by atoms with Crippen LogP contribution in [-0.2, 0) is 4.74 Å². The van der Waals surface area contributed by atoms with E-state index in [0.29, 0.717) is 0 Å². The van der Waals surface area contributed by atoms with Crippen LogP contribution in [0.2, 0.25) is 0 Å². The number of anilines is 1. The van der Waals surface area contributed by atoms with Crippen LogP contribution in [0.25, 0.3) is 0 Å². The van der Waals surface area contributed by atoms with Gasteiger partial charge in [0.25, 0.3) is 0 Å². The van der Waals surface area contributed by atoms with Gasteiger partial charge >= 0.3 is 0 Å². The van der Waals surface area contributed by atoms with Crippen molar-refractivity contribution in [1.82, 2.24) is 10.2 Å². The van der Waals surface area contributed by atoms with Gasteiger partial charge in [0.15, 0.2) is 5.96 Å². The Kier molecular flexibility index (Phi) is 8.21. The minimum absolute atomic E-state index is 0. The molecule has 0 saturated carbocycles. The third-order valence-corrected chi connectivity index (χ3v) is 4.57. The van der Waals surface area contributed by atoms with E-state index in [1.165, 1.54) is 12.1 Å². The van der Waals surface area contributed by atoms with Crippen LogP contribution in [-0.4, -0.2) is 62.8 Å². The van der Waals surface area contributed by atoms with Gasteiger partial charge in [0, 0.05) is 45.0 Å². The summed E-state index contributed by atoms with van der Waals surface area (Å²) >= 11 is 0. The van der Waals surface area contributed by atoms with Crippen molar-refractivity contribution < 1.29 is 9.13 Å². The first-order valence-corrected chi connectivity index (χ1v) is 8.91. The largest absolute Gasteiger partial charge is 0.376 e. The standard InChI is InChI=1S/C18H27FN4O.HI/c1-2-20-18(21-14-17-4-3-13-24-17)23-11-9-22(10-12-23)16-7-5-15(19)6-8-16;/h5-8,17H,2-4,9-14H2,1H3,(H,20,21);1H. The molecule has 7 heteroatoms. The molecule has 1 aromatic rings. The Labute approximate surface area is 166 Å². The van der Waals surface area contributed by atoms with Crippen molar-refractivity contribution >= 4 is 35.6 Å². The molecule has 0 amide bonds. The van der Waals surface area contributed by atoms with Crippen molar-refractivity contribution in [2.45, 2.75) is 25.9 Å². The number of nitrogens with zero attached hydrogens (tertiary/aromatic N) is 3. The van der Waals surface area contributed by atoms with Crippen molar-refractivity contribution in [2.24, 2.45) is 4.99 Å². The highest BCUT2D eigenvalue weighted by Gasteiger charge is 2.21. The Morgan fingerprint density at radius 3 is 2.56 bits per heavy atom. The number of rotatable bonds is 4. The lowest BCUT2D eigenvalue weighted by atomic mass is 10.2. The van der Waals surface area contributed by atoms with Gasteiger partial charge in [-0.1, -0.05) is 0 Å². The van der Waals surface area contributed by atoms with Gasteiger partial charge in [0.2, 0.25) is 0 Å². The molecule has 0 aliphatic carbocycles. The molecule has 2 fully saturated rings. The van der Waals surface area contributed by atoms with Gasteiger partial charge < -0.3 is 19.9 Å². The van der Waals surface area contributed by atoms with E-state index in [0.717, 1.165) is 70.4 Å². The molecule has 1 atom stereocenters. The Hall–Kier alpha value is -1.09. The van der Waals surface area contributed by atoms with Crippen molar-refractivity contribution in [3.05, 3.63) is 30.1 Å². The molecule has 0 radical (unpaired) electrons. The molecular formula is C18H28FIN4O. The molecule has 2 heterocycles. The number of halogens is 2. The van der Waals surface area contributed by atoms with Crippen molar-refractivity contribution in [3.8, 4) is 0 Å². The molecule has 2 aliphatic heterocycles. The van der Waals surface area contributed by atoms with Crippen molar-refractivity contribution in [2.75, 3.05) is 50.8 Å². The molecule has 5 nitrogen and oxygen atoms in total. The molecule has 3 rings (SSSR count).